The molecular weight excluding hydrogens is 324 g/mol. The predicted octanol–water partition coefficient (Wildman–Crippen LogP) is 3.35. The van der Waals surface area contributed by atoms with Gasteiger partial charge in [0.1, 0.15) is 5.75 Å². The Balaban J connectivity index is 2.17. The molecule has 0 heterocycles. The van der Waals surface area contributed by atoms with Crippen LogP contribution in [0.1, 0.15) is 11.1 Å². The summed E-state index contributed by atoms with van der Waals surface area (Å²) < 4.78 is 21.1. The minimum Gasteiger partial charge on any atom is -0.493 e. The summed E-state index contributed by atoms with van der Waals surface area (Å²) >= 11 is 0. The van der Waals surface area contributed by atoms with Crippen molar-refractivity contribution in [1.82, 2.24) is 0 Å². The van der Waals surface area contributed by atoms with Gasteiger partial charge in [0.05, 0.1) is 21.3 Å². The average molecular weight is 344 g/mol. The highest BCUT2D eigenvalue weighted by Crippen LogP contribution is 2.38. The molecule has 6 nitrogen and oxygen atoms in total. The summed E-state index contributed by atoms with van der Waals surface area (Å²) in [5, 5.41) is 8.60. The molecule has 0 saturated carbocycles. The summed E-state index contributed by atoms with van der Waals surface area (Å²) in [7, 11) is 4.70. The molecule has 25 heavy (non-hydrogen) atoms. The maximum absolute atomic E-state index is 10.5. The molecule has 132 valence electrons. The molecule has 0 saturated heterocycles. The van der Waals surface area contributed by atoms with Gasteiger partial charge < -0.3 is 24.1 Å². The molecule has 0 aromatic heterocycles. The van der Waals surface area contributed by atoms with Crippen molar-refractivity contribution in [1.29, 1.82) is 0 Å². The fourth-order valence-electron chi connectivity index (χ4n) is 2.21. The van der Waals surface area contributed by atoms with Crippen molar-refractivity contribution in [3.8, 4) is 23.0 Å². The monoisotopic (exact) mass is 344 g/mol. The molecule has 0 amide bonds. The van der Waals surface area contributed by atoms with Crippen LogP contribution in [0.5, 0.6) is 23.0 Å². The Labute approximate surface area is 146 Å². The summed E-state index contributed by atoms with van der Waals surface area (Å²) in [6.45, 7) is -0.360. The number of benzene rings is 2. The zero-order valence-corrected chi connectivity index (χ0v) is 14.3. The van der Waals surface area contributed by atoms with Gasteiger partial charge in [-0.25, -0.2) is 4.79 Å². The number of aliphatic carboxylic acids is 1. The maximum Gasteiger partial charge on any atom is 0.341 e. The van der Waals surface area contributed by atoms with E-state index in [4.69, 9.17) is 24.1 Å². The number of methoxy groups -OCH3 is 3. The van der Waals surface area contributed by atoms with E-state index < -0.39 is 5.97 Å². The lowest BCUT2D eigenvalue weighted by atomic mass is 10.1. The lowest BCUT2D eigenvalue weighted by Crippen LogP contribution is -2.09. The number of carboxylic acid groups (broad SMARTS) is 1. The summed E-state index contributed by atoms with van der Waals surface area (Å²) in [4.78, 5) is 10.5. The van der Waals surface area contributed by atoms with Crippen LogP contribution in [0.4, 0.5) is 0 Å². The largest absolute Gasteiger partial charge is 0.493 e. The van der Waals surface area contributed by atoms with Crippen LogP contribution in [-0.4, -0.2) is 39.0 Å². The van der Waals surface area contributed by atoms with E-state index in [9.17, 15) is 4.79 Å². The van der Waals surface area contributed by atoms with E-state index in [0.717, 1.165) is 11.1 Å². The van der Waals surface area contributed by atoms with E-state index >= 15 is 0 Å². The molecule has 2 aromatic rings. The van der Waals surface area contributed by atoms with Crippen LogP contribution < -0.4 is 18.9 Å². The SMILES string of the molecule is COc1cc(/C=C/c2ccc(OCC(=O)O)cc2)cc(OC)c1OC. The van der Waals surface area contributed by atoms with Gasteiger partial charge in [-0.05, 0) is 35.4 Å². The third kappa shape index (κ3) is 4.91. The van der Waals surface area contributed by atoms with Crippen molar-refractivity contribution >= 4 is 18.1 Å². The van der Waals surface area contributed by atoms with E-state index in [0.29, 0.717) is 23.0 Å². The van der Waals surface area contributed by atoms with E-state index in [1.807, 2.05) is 36.4 Å². The van der Waals surface area contributed by atoms with Crippen molar-refractivity contribution in [3.63, 3.8) is 0 Å². The van der Waals surface area contributed by atoms with Crippen LogP contribution in [0.2, 0.25) is 0 Å². The van der Waals surface area contributed by atoms with Gasteiger partial charge in [-0.1, -0.05) is 24.3 Å². The number of carboxylic acids is 1. The Hall–Kier alpha value is -3.15. The summed E-state index contributed by atoms with van der Waals surface area (Å²) in [6.07, 6.45) is 3.83. The third-order valence-electron chi connectivity index (χ3n) is 3.40. The van der Waals surface area contributed by atoms with Crippen molar-refractivity contribution in [2.75, 3.05) is 27.9 Å². The van der Waals surface area contributed by atoms with Crippen LogP contribution in [-0.2, 0) is 4.79 Å². The molecule has 0 aliphatic carbocycles. The first-order valence-electron chi connectivity index (χ1n) is 7.50. The molecule has 6 heteroatoms. The molecular formula is C19H20O6. The van der Waals surface area contributed by atoms with Gasteiger partial charge in [0, 0.05) is 0 Å². The first-order chi connectivity index (χ1) is 12.1. The molecule has 0 unspecified atom stereocenters. The summed E-state index contributed by atoms with van der Waals surface area (Å²) in [5.41, 5.74) is 1.83. The predicted molar refractivity (Wildman–Crippen MR) is 94.6 cm³/mol. The fraction of sp³-hybridized carbons (Fsp3) is 0.211. The zero-order chi connectivity index (χ0) is 18.2. The summed E-state index contributed by atoms with van der Waals surface area (Å²) in [6, 6.07) is 10.8. The Morgan fingerprint density at radius 1 is 0.920 bits per heavy atom. The normalized spacial score (nSPS) is 10.5. The molecule has 0 atom stereocenters. The topological polar surface area (TPSA) is 74.2 Å². The van der Waals surface area contributed by atoms with Crippen LogP contribution >= 0.6 is 0 Å². The van der Waals surface area contributed by atoms with Gasteiger partial charge in [0.25, 0.3) is 0 Å². The Morgan fingerprint density at radius 2 is 1.48 bits per heavy atom. The molecule has 2 aromatic carbocycles. The smallest absolute Gasteiger partial charge is 0.341 e. The van der Waals surface area contributed by atoms with Crippen LogP contribution in [0.3, 0.4) is 0 Å². The van der Waals surface area contributed by atoms with Crippen molar-refractivity contribution < 1.29 is 28.8 Å². The molecule has 0 spiro atoms. The number of rotatable bonds is 8. The molecule has 1 N–H and O–H groups in total. The van der Waals surface area contributed by atoms with Gasteiger partial charge in [-0.15, -0.1) is 0 Å². The van der Waals surface area contributed by atoms with Gasteiger partial charge in [-0.2, -0.15) is 0 Å². The minimum absolute atomic E-state index is 0.360. The van der Waals surface area contributed by atoms with Crippen LogP contribution in [0.25, 0.3) is 12.2 Å². The lowest BCUT2D eigenvalue weighted by molar-refractivity contribution is -0.139. The third-order valence-corrected chi connectivity index (χ3v) is 3.40. The van der Waals surface area contributed by atoms with Crippen molar-refractivity contribution in [3.05, 3.63) is 47.5 Å². The van der Waals surface area contributed by atoms with Gasteiger partial charge in [0.2, 0.25) is 5.75 Å². The number of hydrogen-bond acceptors (Lipinski definition) is 5. The minimum atomic E-state index is -1.01. The van der Waals surface area contributed by atoms with E-state index in [2.05, 4.69) is 0 Å². The Kier molecular flexibility index (Phi) is 6.28. The second-order valence-corrected chi connectivity index (χ2v) is 5.04. The average Bonchev–Trinajstić information content (AvgIpc) is 2.64. The molecule has 2 rings (SSSR count). The van der Waals surface area contributed by atoms with Gasteiger partial charge >= 0.3 is 5.97 Å². The van der Waals surface area contributed by atoms with Crippen LogP contribution in [0.15, 0.2) is 36.4 Å². The second kappa shape index (κ2) is 8.63. The highest BCUT2D eigenvalue weighted by atomic mass is 16.5. The van der Waals surface area contributed by atoms with E-state index in [-0.39, 0.29) is 6.61 Å². The fourth-order valence-corrected chi connectivity index (χ4v) is 2.21. The number of carbonyl (C=O) groups is 1. The van der Waals surface area contributed by atoms with E-state index in [1.54, 1.807) is 33.5 Å². The molecule has 0 aliphatic rings. The second-order valence-electron chi connectivity index (χ2n) is 5.04. The molecule has 0 radical (unpaired) electrons. The molecule has 0 fully saturated rings. The molecule has 0 aliphatic heterocycles. The summed E-state index contributed by atoms with van der Waals surface area (Å²) in [5.74, 6) is 1.21. The number of ether oxygens (including phenoxy) is 4. The highest BCUT2D eigenvalue weighted by molar-refractivity contribution is 5.73. The first kappa shape index (κ1) is 18.2. The Bertz CT molecular complexity index is 724. The number of hydrogen-bond donors (Lipinski definition) is 1. The van der Waals surface area contributed by atoms with Gasteiger partial charge in [-0.3, -0.25) is 0 Å². The van der Waals surface area contributed by atoms with Gasteiger partial charge in [0.15, 0.2) is 18.1 Å². The first-order valence-corrected chi connectivity index (χ1v) is 7.50. The highest BCUT2D eigenvalue weighted by Gasteiger charge is 2.11. The maximum atomic E-state index is 10.5. The molecule has 0 bridgehead atoms. The van der Waals surface area contributed by atoms with Crippen molar-refractivity contribution in [2.45, 2.75) is 0 Å². The van der Waals surface area contributed by atoms with Crippen molar-refractivity contribution in [2.24, 2.45) is 0 Å². The zero-order valence-electron chi connectivity index (χ0n) is 14.3. The standard InChI is InChI=1S/C19H20O6/c1-22-16-10-14(11-17(23-2)19(16)24-3)5-4-13-6-8-15(9-7-13)25-12-18(20)21/h4-11H,12H2,1-3H3,(H,20,21)/b5-4+. The Morgan fingerprint density at radius 3 is 1.96 bits per heavy atom. The van der Waals surface area contributed by atoms with E-state index in [1.165, 1.54) is 0 Å². The quantitative estimate of drug-likeness (QED) is 0.740. The lowest BCUT2D eigenvalue weighted by Gasteiger charge is -2.12. The van der Waals surface area contributed by atoms with Crippen LogP contribution in [0, 0.1) is 0 Å².